The molecule has 5 heteroatoms. The summed E-state index contributed by atoms with van der Waals surface area (Å²) in [5, 5.41) is 5.10. The van der Waals surface area contributed by atoms with Gasteiger partial charge in [0.2, 0.25) is 0 Å². The molecule has 114 valence electrons. The third kappa shape index (κ3) is 3.22. The molecule has 1 N–H and O–H groups in total. The van der Waals surface area contributed by atoms with Gasteiger partial charge in [0.05, 0.1) is 10.7 Å². The molecule has 0 fully saturated rings. The van der Waals surface area contributed by atoms with E-state index in [1.165, 1.54) is 16.8 Å². The molecule has 1 aliphatic rings. The summed E-state index contributed by atoms with van der Waals surface area (Å²) in [6.45, 7) is 3.02. The van der Waals surface area contributed by atoms with Gasteiger partial charge in [-0.2, -0.15) is 0 Å². The van der Waals surface area contributed by atoms with Crippen molar-refractivity contribution in [3.05, 3.63) is 57.6 Å². The number of halogens is 2. The number of rotatable bonds is 1. The normalized spacial score (nSPS) is 13.7. The summed E-state index contributed by atoms with van der Waals surface area (Å²) in [6, 6.07) is 11.8. The number of benzene rings is 2. The van der Waals surface area contributed by atoms with Crippen LogP contribution in [-0.4, -0.2) is 11.7 Å². The van der Waals surface area contributed by atoms with Crippen LogP contribution in [0.15, 0.2) is 36.4 Å². The van der Waals surface area contributed by atoms with E-state index in [0.29, 0.717) is 15.2 Å². The van der Waals surface area contributed by atoms with Gasteiger partial charge < -0.3 is 10.2 Å². The average Bonchev–Trinajstić information content (AvgIpc) is 2.50. The van der Waals surface area contributed by atoms with Crippen LogP contribution in [0.1, 0.15) is 17.5 Å². The molecule has 3 rings (SSSR count). The second kappa shape index (κ2) is 6.45. The highest BCUT2D eigenvalue weighted by atomic mass is 35.5. The predicted octanol–water partition coefficient (Wildman–Crippen LogP) is 5.45. The van der Waals surface area contributed by atoms with Crippen LogP contribution in [0.25, 0.3) is 0 Å². The zero-order valence-electron chi connectivity index (χ0n) is 12.2. The molecular formula is C17H16Cl2N2S. The standard InChI is InChI=1S/C17H16Cl2N2S/c1-11-4-7-16-12(9-11)3-2-8-21(16)17(22)20-15-10-13(18)5-6-14(15)19/h4-7,9-10H,2-3,8H2,1H3,(H,20,22). The zero-order chi connectivity index (χ0) is 15.7. The molecular weight excluding hydrogens is 335 g/mol. The maximum Gasteiger partial charge on any atom is 0.177 e. The average molecular weight is 351 g/mol. The van der Waals surface area contributed by atoms with Gasteiger partial charge in [-0.15, -0.1) is 0 Å². The molecule has 0 aromatic heterocycles. The van der Waals surface area contributed by atoms with Crippen LogP contribution < -0.4 is 10.2 Å². The molecule has 0 amide bonds. The first-order chi connectivity index (χ1) is 10.5. The first kappa shape index (κ1) is 15.6. The molecule has 0 spiro atoms. The van der Waals surface area contributed by atoms with Gasteiger partial charge in [-0.05, 0) is 61.8 Å². The minimum Gasteiger partial charge on any atom is -0.331 e. The molecule has 0 atom stereocenters. The van der Waals surface area contributed by atoms with E-state index < -0.39 is 0 Å². The fraction of sp³-hybridized carbons (Fsp3) is 0.235. The molecule has 1 heterocycles. The van der Waals surface area contributed by atoms with Gasteiger partial charge in [0.25, 0.3) is 0 Å². The second-order valence-corrected chi connectivity index (χ2v) is 6.67. The first-order valence-corrected chi connectivity index (χ1v) is 8.34. The monoisotopic (exact) mass is 350 g/mol. The highest BCUT2D eigenvalue weighted by Crippen LogP contribution is 2.30. The Kier molecular flexibility index (Phi) is 4.57. The van der Waals surface area contributed by atoms with Crippen LogP contribution in [0, 0.1) is 6.92 Å². The van der Waals surface area contributed by atoms with Crippen molar-refractivity contribution in [2.45, 2.75) is 19.8 Å². The minimum absolute atomic E-state index is 0.605. The summed E-state index contributed by atoms with van der Waals surface area (Å²) in [5.41, 5.74) is 4.52. The van der Waals surface area contributed by atoms with Crippen LogP contribution in [0.3, 0.4) is 0 Å². The lowest BCUT2D eigenvalue weighted by Crippen LogP contribution is -2.38. The Morgan fingerprint density at radius 2 is 2.00 bits per heavy atom. The van der Waals surface area contributed by atoms with Crippen LogP contribution in [0.5, 0.6) is 0 Å². The fourth-order valence-electron chi connectivity index (χ4n) is 2.71. The van der Waals surface area contributed by atoms with Crippen molar-refractivity contribution in [2.75, 3.05) is 16.8 Å². The Balaban J connectivity index is 1.86. The van der Waals surface area contributed by atoms with E-state index >= 15 is 0 Å². The largest absolute Gasteiger partial charge is 0.331 e. The van der Waals surface area contributed by atoms with Crippen molar-refractivity contribution in [3.63, 3.8) is 0 Å². The molecule has 2 aromatic rings. The van der Waals surface area contributed by atoms with E-state index in [1.807, 2.05) is 0 Å². The Morgan fingerprint density at radius 1 is 1.18 bits per heavy atom. The molecule has 0 saturated heterocycles. The van der Waals surface area contributed by atoms with Gasteiger partial charge in [0, 0.05) is 17.3 Å². The minimum atomic E-state index is 0.605. The number of hydrogen-bond donors (Lipinski definition) is 1. The highest BCUT2D eigenvalue weighted by Gasteiger charge is 2.20. The first-order valence-electron chi connectivity index (χ1n) is 7.18. The maximum absolute atomic E-state index is 6.20. The molecule has 22 heavy (non-hydrogen) atoms. The summed E-state index contributed by atoms with van der Waals surface area (Å²) in [7, 11) is 0. The summed E-state index contributed by atoms with van der Waals surface area (Å²) in [5.74, 6) is 0. The van der Waals surface area contributed by atoms with E-state index in [-0.39, 0.29) is 0 Å². The lowest BCUT2D eigenvalue weighted by Gasteiger charge is -2.32. The van der Waals surface area contributed by atoms with Crippen LogP contribution >= 0.6 is 35.4 Å². The Bertz CT molecular complexity index is 731. The lowest BCUT2D eigenvalue weighted by atomic mass is 10.00. The SMILES string of the molecule is Cc1ccc2c(c1)CCCN2C(=S)Nc1cc(Cl)ccc1Cl. The third-order valence-corrected chi connectivity index (χ3v) is 4.66. The number of anilines is 2. The maximum atomic E-state index is 6.20. The van der Waals surface area contributed by atoms with Crippen molar-refractivity contribution in [3.8, 4) is 0 Å². The molecule has 0 aliphatic carbocycles. The van der Waals surface area contributed by atoms with E-state index in [2.05, 4.69) is 35.3 Å². The van der Waals surface area contributed by atoms with E-state index in [4.69, 9.17) is 35.4 Å². The van der Waals surface area contributed by atoms with Crippen LogP contribution in [0.4, 0.5) is 11.4 Å². The summed E-state index contributed by atoms with van der Waals surface area (Å²) in [6.07, 6.45) is 2.18. The number of nitrogens with zero attached hydrogens (tertiary/aromatic N) is 1. The zero-order valence-corrected chi connectivity index (χ0v) is 14.5. The molecule has 0 radical (unpaired) electrons. The molecule has 0 bridgehead atoms. The summed E-state index contributed by atoms with van der Waals surface area (Å²) in [4.78, 5) is 2.13. The van der Waals surface area contributed by atoms with Gasteiger partial charge in [-0.3, -0.25) is 0 Å². The fourth-order valence-corrected chi connectivity index (χ4v) is 3.35. The van der Waals surface area contributed by atoms with Gasteiger partial charge in [-0.1, -0.05) is 40.9 Å². The van der Waals surface area contributed by atoms with Crippen LogP contribution in [-0.2, 0) is 6.42 Å². The van der Waals surface area contributed by atoms with Gasteiger partial charge in [0.15, 0.2) is 5.11 Å². The molecule has 0 unspecified atom stereocenters. The smallest absolute Gasteiger partial charge is 0.177 e. The van der Waals surface area contributed by atoms with Crippen molar-refractivity contribution in [2.24, 2.45) is 0 Å². The van der Waals surface area contributed by atoms with Gasteiger partial charge >= 0.3 is 0 Å². The van der Waals surface area contributed by atoms with Crippen LogP contribution in [0.2, 0.25) is 10.0 Å². The van der Waals surface area contributed by atoms with Crippen molar-refractivity contribution < 1.29 is 0 Å². The molecule has 0 saturated carbocycles. The number of aryl methyl sites for hydroxylation is 2. The number of hydrogen-bond acceptors (Lipinski definition) is 1. The van der Waals surface area contributed by atoms with Crippen molar-refractivity contribution in [1.29, 1.82) is 0 Å². The second-order valence-electron chi connectivity index (χ2n) is 5.44. The number of thiocarbonyl (C=S) groups is 1. The quantitative estimate of drug-likeness (QED) is 0.688. The lowest BCUT2D eigenvalue weighted by molar-refractivity contribution is 0.780. The topological polar surface area (TPSA) is 15.3 Å². The number of fused-ring (bicyclic) bond motifs is 1. The third-order valence-electron chi connectivity index (χ3n) is 3.77. The summed E-state index contributed by atoms with van der Waals surface area (Å²) >= 11 is 17.8. The van der Waals surface area contributed by atoms with E-state index in [0.717, 1.165) is 25.1 Å². The summed E-state index contributed by atoms with van der Waals surface area (Å²) < 4.78 is 0. The highest BCUT2D eigenvalue weighted by molar-refractivity contribution is 7.80. The Labute approximate surface area is 146 Å². The molecule has 1 aliphatic heterocycles. The Morgan fingerprint density at radius 3 is 2.82 bits per heavy atom. The van der Waals surface area contributed by atoms with Crippen molar-refractivity contribution in [1.82, 2.24) is 0 Å². The van der Waals surface area contributed by atoms with Gasteiger partial charge in [-0.25, -0.2) is 0 Å². The van der Waals surface area contributed by atoms with Crippen molar-refractivity contribution >= 4 is 51.9 Å². The van der Waals surface area contributed by atoms with E-state index in [9.17, 15) is 0 Å². The van der Waals surface area contributed by atoms with E-state index in [1.54, 1.807) is 18.2 Å². The molecule has 2 nitrogen and oxygen atoms in total. The molecule has 2 aromatic carbocycles. The Hall–Kier alpha value is -1.29. The number of nitrogens with one attached hydrogen (secondary N) is 1. The van der Waals surface area contributed by atoms with Gasteiger partial charge in [0.1, 0.15) is 0 Å². The predicted molar refractivity (Wildman–Crippen MR) is 99.5 cm³/mol.